The zero-order chi connectivity index (χ0) is 22.4. The van der Waals surface area contributed by atoms with Crippen molar-refractivity contribution in [3.63, 3.8) is 0 Å². The number of carbonyl (C=O) groups excluding carboxylic acids is 1. The summed E-state index contributed by atoms with van der Waals surface area (Å²) in [5.74, 6) is 1.09. The number of carbonyl (C=O) groups is 1. The summed E-state index contributed by atoms with van der Waals surface area (Å²) in [4.78, 5) is 14.2. The summed E-state index contributed by atoms with van der Waals surface area (Å²) < 4.78 is 17.3. The van der Waals surface area contributed by atoms with Crippen molar-refractivity contribution < 1.29 is 19.0 Å². The number of hydrogen-bond acceptors (Lipinski definition) is 5. The molecule has 0 atom stereocenters. The molecule has 0 unspecified atom stereocenters. The van der Waals surface area contributed by atoms with Gasteiger partial charge in [0.1, 0.15) is 23.8 Å². The summed E-state index contributed by atoms with van der Waals surface area (Å²) in [7, 11) is 3.23. The predicted octanol–water partition coefficient (Wildman–Crippen LogP) is 4.78. The number of amides is 1. The van der Waals surface area contributed by atoms with Crippen molar-refractivity contribution in [2.75, 3.05) is 27.4 Å². The van der Waals surface area contributed by atoms with Gasteiger partial charge in [0.2, 0.25) is 0 Å². The summed E-state index contributed by atoms with van der Waals surface area (Å²) >= 11 is 14.9. The second-order valence-corrected chi connectivity index (χ2v) is 8.44. The predicted molar refractivity (Wildman–Crippen MR) is 128 cm³/mol. The highest BCUT2D eigenvalue weighted by Gasteiger charge is 2.30. The van der Waals surface area contributed by atoms with E-state index in [1.807, 2.05) is 24.3 Å². The van der Waals surface area contributed by atoms with Gasteiger partial charge in [-0.2, -0.15) is 0 Å². The third-order valence-corrected chi connectivity index (χ3v) is 5.70. The van der Waals surface area contributed by atoms with E-state index in [-0.39, 0.29) is 12.5 Å². The molecule has 9 heteroatoms. The highest BCUT2D eigenvalue weighted by atomic mass is 79.9. The van der Waals surface area contributed by atoms with Crippen LogP contribution < -0.4 is 14.8 Å². The molecule has 0 radical (unpaired) electrons. The first kappa shape index (κ1) is 23.5. The fraction of sp³-hybridized carbons (Fsp3) is 0.273. The Kier molecular flexibility index (Phi) is 8.31. The van der Waals surface area contributed by atoms with Crippen LogP contribution in [0.5, 0.6) is 11.5 Å². The van der Waals surface area contributed by atoms with Gasteiger partial charge < -0.3 is 19.5 Å². The lowest BCUT2D eigenvalue weighted by atomic mass is 10.1. The Bertz CT molecular complexity index is 1020. The monoisotopic (exact) mass is 524 g/mol. The maximum absolute atomic E-state index is 12.7. The highest BCUT2D eigenvalue weighted by molar-refractivity contribution is 9.10. The molecule has 6 nitrogen and oxygen atoms in total. The van der Waals surface area contributed by atoms with Crippen molar-refractivity contribution in [3.8, 4) is 11.5 Å². The smallest absolute Gasteiger partial charge is 0.276 e. The number of halogens is 2. The van der Waals surface area contributed by atoms with Gasteiger partial charge in [0, 0.05) is 30.3 Å². The van der Waals surface area contributed by atoms with E-state index in [1.54, 1.807) is 37.3 Å². The maximum Gasteiger partial charge on any atom is 0.276 e. The first-order chi connectivity index (χ1) is 14.9. The van der Waals surface area contributed by atoms with E-state index in [1.165, 1.54) is 0 Å². The van der Waals surface area contributed by atoms with E-state index in [4.69, 9.17) is 38.0 Å². The van der Waals surface area contributed by atoms with Crippen molar-refractivity contribution in [3.05, 3.63) is 62.7 Å². The molecule has 2 aromatic carbocycles. The van der Waals surface area contributed by atoms with Gasteiger partial charge >= 0.3 is 0 Å². The molecule has 31 heavy (non-hydrogen) atoms. The molecule has 0 saturated carbocycles. The molecule has 2 aromatic rings. The van der Waals surface area contributed by atoms with Gasteiger partial charge in [-0.25, -0.2) is 0 Å². The topological polar surface area (TPSA) is 60.0 Å². The maximum atomic E-state index is 12.7. The molecule has 1 heterocycles. The van der Waals surface area contributed by atoms with Gasteiger partial charge in [0.25, 0.3) is 5.91 Å². The van der Waals surface area contributed by atoms with E-state index >= 15 is 0 Å². The van der Waals surface area contributed by atoms with Crippen LogP contribution in [0.4, 0.5) is 0 Å². The number of benzene rings is 2. The minimum atomic E-state index is -0.156. The average Bonchev–Trinajstić information content (AvgIpc) is 3.00. The molecule has 1 amide bonds. The van der Waals surface area contributed by atoms with Crippen molar-refractivity contribution in [2.24, 2.45) is 0 Å². The Balaban J connectivity index is 1.77. The number of ether oxygens (including phenoxy) is 3. The second kappa shape index (κ2) is 10.9. The van der Waals surface area contributed by atoms with Crippen LogP contribution in [-0.4, -0.2) is 43.3 Å². The Morgan fingerprint density at radius 2 is 1.97 bits per heavy atom. The summed E-state index contributed by atoms with van der Waals surface area (Å²) in [5, 5.41) is 3.90. The molecule has 0 aliphatic carbocycles. The van der Waals surface area contributed by atoms with Gasteiger partial charge in [-0.3, -0.25) is 9.69 Å². The molecule has 164 valence electrons. The SMILES string of the molecule is COCCCN1C(=O)/C(=C\c2ccc(OC)c(COc3ccc(Br)cc3Cl)c2)NC1=S. The van der Waals surface area contributed by atoms with Crippen LogP contribution in [0.15, 0.2) is 46.6 Å². The Morgan fingerprint density at radius 3 is 2.68 bits per heavy atom. The van der Waals surface area contributed by atoms with Crippen molar-refractivity contribution in [1.82, 2.24) is 10.2 Å². The van der Waals surface area contributed by atoms with Crippen LogP contribution in [0.2, 0.25) is 5.02 Å². The van der Waals surface area contributed by atoms with Gasteiger partial charge in [0.05, 0.1) is 12.1 Å². The lowest BCUT2D eigenvalue weighted by Crippen LogP contribution is -2.32. The molecular weight excluding hydrogens is 504 g/mol. The highest BCUT2D eigenvalue weighted by Crippen LogP contribution is 2.30. The summed E-state index contributed by atoms with van der Waals surface area (Å²) in [6, 6.07) is 11.0. The number of nitrogens with one attached hydrogen (secondary N) is 1. The molecular formula is C22H22BrClN2O4S. The molecule has 1 N–H and O–H groups in total. The number of rotatable bonds is 9. The average molecular weight is 526 g/mol. The van der Waals surface area contributed by atoms with Gasteiger partial charge in [0.15, 0.2) is 5.11 Å². The molecule has 1 saturated heterocycles. The Morgan fingerprint density at radius 1 is 1.19 bits per heavy atom. The number of nitrogens with zero attached hydrogens (tertiary/aromatic N) is 1. The summed E-state index contributed by atoms with van der Waals surface area (Å²) in [6.07, 6.45) is 2.47. The van der Waals surface area contributed by atoms with E-state index in [0.29, 0.717) is 46.9 Å². The molecule has 1 aliphatic rings. The summed E-state index contributed by atoms with van der Waals surface area (Å²) in [6.45, 7) is 1.33. The van der Waals surface area contributed by atoms with Crippen LogP contribution in [0, 0.1) is 0 Å². The van der Waals surface area contributed by atoms with Crippen LogP contribution in [0.25, 0.3) is 6.08 Å². The zero-order valence-corrected chi connectivity index (χ0v) is 20.3. The molecule has 3 rings (SSSR count). The molecule has 0 bridgehead atoms. The van der Waals surface area contributed by atoms with Crippen molar-refractivity contribution in [2.45, 2.75) is 13.0 Å². The van der Waals surface area contributed by atoms with Crippen molar-refractivity contribution in [1.29, 1.82) is 0 Å². The van der Waals surface area contributed by atoms with Gasteiger partial charge in [-0.15, -0.1) is 0 Å². The third-order valence-electron chi connectivity index (χ3n) is 4.59. The number of thiocarbonyl (C=S) groups is 1. The number of methoxy groups -OCH3 is 2. The first-order valence-corrected chi connectivity index (χ1v) is 11.1. The Labute approximate surface area is 200 Å². The van der Waals surface area contributed by atoms with Crippen LogP contribution in [-0.2, 0) is 16.1 Å². The second-order valence-electron chi connectivity index (χ2n) is 6.73. The van der Waals surface area contributed by atoms with Crippen LogP contribution >= 0.6 is 39.7 Å². The van der Waals surface area contributed by atoms with Gasteiger partial charge in [-0.1, -0.05) is 33.6 Å². The minimum absolute atomic E-state index is 0.156. The normalized spacial score (nSPS) is 14.8. The number of hydrogen-bond donors (Lipinski definition) is 1. The molecule has 1 aliphatic heterocycles. The lowest BCUT2D eigenvalue weighted by molar-refractivity contribution is -0.122. The van der Waals surface area contributed by atoms with Crippen LogP contribution in [0.1, 0.15) is 17.5 Å². The van der Waals surface area contributed by atoms with Crippen molar-refractivity contribution >= 4 is 56.8 Å². The lowest BCUT2D eigenvalue weighted by Gasteiger charge is -2.13. The largest absolute Gasteiger partial charge is 0.496 e. The van der Waals surface area contributed by atoms with E-state index in [0.717, 1.165) is 15.6 Å². The Hall–Kier alpha value is -2.13. The third kappa shape index (κ3) is 5.98. The minimum Gasteiger partial charge on any atom is -0.496 e. The fourth-order valence-electron chi connectivity index (χ4n) is 3.06. The molecule has 0 aromatic heterocycles. The molecule has 0 spiro atoms. The zero-order valence-electron chi connectivity index (χ0n) is 17.1. The van der Waals surface area contributed by atoms with E-state index in [9.17, 15) is 4.79 Å². The van der Waals surface area contributed by atoms with Crippen LogP contribution in [0.3, 0.4) is 0 Å². The van der Waals surface area contributed by atoms with E-state index < -0.39 is 0 Å². The fourth-order valence-corrected chi connectivity index (χ4v) is 4.07. The van der Waals surface area contributed by atoms with E-state index in [2.05, 4.69) is 21.2 Å². The standard InChI is InChI=1S/C22H22BrClN2O4S/c1-28-9-3-8-26-21(27)18(25-22(26)31)11-14-4-6-19(29-2)15(10-14)13-30-20-7-5-16(23)12-17(20)24/h4-7,10-12H,3,8-9,13H2,1-2H3,(H,25,31)/b18-11+. The summed E-state index contributed by atoms with van der Waals surface area (Å²) in [5.41, 5.74) is 2.06. The first-order valence-electron chi connectivity index (χ1n) is 9.51. The van der Waals surface area contributed by atoms with Gasteiger partial charge in [-0.05, 0) is 60.6 Å². The quantitative estimate of drug-likeness (QED) is 0.289. The molecule has 1 fully saturated rings.